The smallest absolute Gasteiger partial charge is 0.304 e. The van der Waals surface area contributed by atoms with Crippen molar-refractivity contribution in [1.82, 2.24) is 20.3 Å². The minimum Gasteiger partial charge on any atom is -0.355 e. The van der Waals surface area contributed by atoms with Gasteiger partial charge in [-0.15, -0.1) is 0 Å². The van der Waals surface area contributed by atoms with Crippen molar-refractivity contribution in [3.8, 4) is 0 Å². The summed E-state index contributed by atoms with van der Waals surface area (Å²) in [6.07, 6.45) is 6.21. The number of amides is 2. The average Bonchev–Trinajstić information content (AvgIpc) is 3.22. The predicted molar refractivity (Wildman–Crippen MR) is 132 cm³/mol. The highest BCUT2D eigenvalue weighted by Gasteiger charge is 2.62. The number of likely N-dealkylation sites (tertiary alicyclic amines) is 1. The number of nitrogens with zero attached hydrogens (tertiary/aromatic N) is 3. The number of aromatic nitrogens is 1. The van der Waals surface area contributed by atoms with Gasteiger partial charge in [0.25, 0.3) is 11.8 Å². The number of alkyl halides is 2. The molecule has 2 aromatic rings. The molecule has 1 N–H and O–H groups in total. The van der Waals surface area contributed by atoms with Crippen molar-refractivity contribution in [1.29, 1.82) is 0 Å². The molecule has 0 bridgehead atoms. The van der Waals surface area contributed by atoms with E-state index >= 15 is 0 Å². The van der Waals surface area contributed by atoms with Crippen LogP contribution in [0.25, 0.3) is 0 Å². The largest absolute Gasteiger partial charge is 0.355 e. The molecule has 2 aliphatic carbocycles. The lowest BCUT2D eigenvalue weighted by atomic mass is 9.84. The maximum Gasteiger partial charge on any atom is 0.304 e. The summed E-state index contributed by atoms with van der Waals surface area (Å²) in [5.41, 5.74) is 2.65. The van der Waals surface area contributed by atoms with E-state index in [9.17, 15) is 18.4 Å². The maximum absolute atomic E-state index is 13.6. The zero-order chi connectivity index (χ0) is 25.9. The summed E-state index contributed by atoms with van der Waals surface area (Å²) >= 11 is 0. The molecule has 7 nitrogen and oxygen atoms in total. The molecule has 0 spiro atoms. The van der Waals surface area contributed by atoms with E-state index in [1.807, 2.05) is 6.07 Å². The molecule has 1 unspecified atom stereocenters. The summed E-state index contributed by atoms with van der Waals surface area (Å²) in [5.74, 6) is -2.34. The van der Waals surface area contributed by atoms with Crippen LogP contribution in [0.3, 0.4) is 0 Å². The fourth-order valence-corrected chi connectivity index (χ4v) is 6.78. The first-order valence-electron chi connectivity index (χ1n) is 13.4. The van der Waals surface area contributed by atoms with Crippen molar-refractivity contribution < 1.29 is 22.9 Å². The van der Waals surface area contributed by atoms with Crippen molar-refractivity contribution in [3.05, 3.63) is 52.4 Å². The molecule has 4 aliphatic rings. The molecule has 2 atom stereocenters. The standard InChI is InChI=1S/C28H34F2N4O3/c1-27(29,30)24-12-23(32-37-24)28-13-18(28)14-34(16-28)11-10-17-6-8-19(9-7-17)31-25(35)20-4-3-5-21-22(20)15-33(2)26(21)36/h3-5,12,17-19H,6-11,13-16H2,1-2H3,(H,31,35)/t17-,18?,19-,28-/m0/s1. The van der Waals surface area contributed by atoms with Gasteiger partial charge in [0, 0.05) is 62.3 Å². The Morgan fingerprint density at radius 1 is 1.27 bits per heavy atom. The lowest BCUT2D eigenvalue weighted by Gasteiger charge is -2.30. The van der Waals surface area contributed by atoms with Crippen LogP contribution in [0.5, 0.6) is 0 Å². The van der Waals surface area contributed by atoms with Gasteiger partial charge >= 0.3 is 5.92 Å². The van der Waals surface area contributed by atoms with E-state index in [-0.39, 0.29) is 29.0 Å². The topological polar surface area (TPSA) is 78.7 Å². The van der Waals surface area contributed by atoms with Gasteiger partial charge in [-0.3, -0.25) is 9.59 Å². The lowest BCUT2D eigenvalue weighted by Crippen LogP contribution is -2.38. The van der Waals surface area contributed by atoms with Gasteiger partial charge in [-0.05, 0) is 74.6 Å². The van der Waals surface area contributed by atoms with Gasteiger partial charge in [0.05, 0.1) is 5.69 Å². The van der Waals surface area contributed by atoms with Crippen LogP contribution >= 0.6 is 0 Å². The van der Waals surface area contributed by atoms with Crippen LogP contribution in [0.2, 0.25) is 0 Å². The second-order valence-electron chi connectivity index (χ2n) is 11.7. The quantitative estimate of drug-likeness (QED) is 0.598. The first-order valence-corrected chi connectivity index (χ1v) is 13.4. The van der Waals surface area contributed by atoms with E-state index < -0.39 is 5.92 Å². The lowest BCUT2D eigenvalue weighted by molar-refractivity contribution is -0.0106. The Morgan fingerprint density at radius 3 is 2.78 bits per heavy atom. The van der Waals surface area contributed by atoms with Gasteiger partial charge in [-0.25, -0.2) is 0 Å². The van der Waals surface area contributed by atoms with Gasteiger partial charge < -0.3 is 19.6 Å². The first kappa shape index (κ1) is 24.5. The summed E-state index contributed by atoms with van der Waals surface area (Å²) < 4.78 is 32.1. The number of hydrogen-bond acceptors (Lipinski definition) is 5. The third-order valence-electron chi connectivity index (χ3n) is 9.10. The van der Waals surface area contributed by atoms with Crippen molar-refractivity contribution in [3.63, 3.8) is 0 Å². The van der Waals surface area contributed by atoms with E-state index in [2.05, 4.69) is 15.4 Å². The number of rotatable bonds is 7. The molecular formula is C28H34F2N4O3. The molecule has 198 valence electrons. The van der Waals surface area contributed by atoms with E-state index in [1.54, 1.807) is 24.1 Å². The molecule has 1 aromatic heterocycles. The second-order valence-corrected chi connectivity index (χ2v) is 11.7. The number of hydrogen-bond donors (Lipinski definition) is 1. The summed E-state index contributed by atoms with van der Waals surface area (Å²) in [7, 11) is 1.76. The third-order valence-corrected chi connectivity index (χ3v) is 9.10. The summed E-state index contributed by atoms with van der Waals surface area (Å²) in [4.78, 5) is 29.4. The molecule has 3 heterocycles. The summed E-state index contributed by atoms with van der Waals surface area (Å²) in [5, 5.41) is 7.22. The Labute approximate surface area is 215 Å². The highest BCUT2D eigenvalue weighted by Crippen LogP contribution is 2.59. The van der Waals surface area contributed by atoms with Crippen LogP contribution in [-0.2, 0) is 17.9 Å². The van der Waals surface area contributed by atoms with Crippen LogP contribution in [0.4, 0.5) is 8.78 Å². The van der Waals surface area contributed by atoms with Gasteiger partial charge in [0.2, 0.25) is 5.76 Å². The normalized spacial score (nSPS) is 29.4. The molecular weight excluding hydrogens is 478 g/mol. The van der Waals surface area contributed by atoms with Crippen molar-refractivity contribution in [2.75, 3.05) is 26.7 Å². The summed E-state index contributed by atoms with van der Waals surface area (Å²) in [6, 6.07) is 7.01. The highest BCUT2D eigenvalue weighted by atomic mass is 19.3. The minimum absolute atomic E-state index is 0.0281. The van der Waals surface area contributed by atoms with Crippen LogP contribution in [0.15, 0.2) is 28.8 Å². The number of piperidine rings is 1. The van der Waals surface area contributed by atoms with E-state index in [0.29, 0.717) is 35.2 Å². The number of fused-ring (bicyclic) bond motifs is 2. The van der Waals surface area contributed by atoms with E-state index in [1.165, 1.54) is 6.07 Å². The number of carbonyl (C=O) groups is 2. The Hall–Kier alpha value is -2.81. The van der Waals surface area contributed by atoms with Crippen molar-refractivity contribution in [2.45, 2.75) is 69.4 Å². The van der Waals surface area contributed by atoms with Crippen LogP contribution < -0.4 is 5.32 Å². The molecule has 3 fully saturated rings. The molecule has 2 saturated carbocycles. The van der Waals surface area contributed by atoms with Crippen molar-refractivity contribution >= 4 is 11.8 Å². The monoisotopic (exact) mass is 512 g/mol. The van der Waals surface area contributed by atoms with Crippen LogP contribution in [0.1, 0.15) is 83.2 Å². The number of halogens is 2. The molecule has 2 aliphatic heterocycles. The molecule has 1 saturated heterocycles. The fraction of sp³-hybridized carbons (Fsp3) is 0.607. The number of carbonyl (C=O) groups excluding carboxylic acids is 2. The van der Waals surface area contributed by atoms with E-state index in [4.69, 9.17) is 4.52 Å². The second kappa shape index (κ2) is 8.89. The zero-order valence-electron chi connectivity index (χ0n) is 21.4. The van der Waals surface area contributed by atoms with E-state index in [0.717, 1.165) is 70.6 Å². The van der Waals surface area contributed by atoms with Gasteiger partial charge in [-0.2, -0.15) is 8.78 Å². The Kier molecular flexibility index (Phi) is 5.89. The SMILES string of the molecule is CN1Cc2c(C(=O)N[C@H]3CC[C@H](CCN4CC5C[C@]5(c5cc(C(C)(F)F)on5)C4)CC3)cccc2C1=O. The molecule has 9 heteroatoms. The predicted octanol–water partition coefficient (Wildman–Crippen LogP) is 4.32. The zero-order valence-corrected chi connectivity index (χ0v) is 21.4. The molecule has 37 heavy (non-hydrogen) atoms. The van der Waals surface area contributed by atoms with Crippen LogP contribution in [-0.4, -0.2) is 59.5 Å². The molecule has 2 amide bonds. The van der Waals surface area contributed by atoms with Gasteiger partial charge in [0.1, 0.15) is 0 Å². The third kappa shape index (κ3) is 4.45. The van der Waals surface area contributed by atoms with Gasteiger partial charge in [-0.1, -0.05) is 11.2 Å². The average molecular weight is 513 g/mol. The molecule has 6 rings (SSSR count). The minimum atomic E-state index is -3.00. The first-order chi connectivity index (χ1) is 17.6. The fourth-order valence-electron chi connectivity index (χ4n) is 6.78. The Bertz CT molecular complexity index is 1220. The maximum atomic E-state index is 13.6. The Morgan fingerprint density at radius 2 is 2.05 bits per heavy atom. The summed E-state index contributed by atoms with van der Waals surface area (Å²) in [6.45, 7) is 4.19. The van der Waals surface area contributed by atoms with Crippen LogP contribution in [0, 0.1) is 11.8 Å². The molecule has 1 aromatic carbocycles. The highest BCUT2D eigenvalue weighted by molar-refractivity contribution is 6.04. The van der Waals surface area contributed by atoms with Gasteiger partial charge in [0.15, 0.2) is 0 Å². The number of nitrogens with one attached hydrogen (secondary N) is 1. The Balaban J connectivity index is 0.968. The van der Waals surface area contributed by atoms with Crippen molar-refractivity contribution in [2.24, 2.45) is 11.8 Å². The molecule has 0 radical (unpaired) electrons. The number of benzene rings is 1.